The van der Waals surface area contributed by atoms with Gasteiger partial charge in [-0.1, -0.05) is 0 Å². The van der Waals surface area contributed by atoms with Crippen LogP contribution in [0.5, 0.6) is 5.75 Å². The first-order chi connectivity index (χ1) is 12.2. The average Bonchev–Trinajstić information content (AvgIpc) is 3.28. The van der Waals surface area contributed by atoms with Crippen LogP contribution in [0.4, 0.5) is 0 Å². The van der Waals surface area contributed by atoms with Gasteiger partial charge in [-0.05, 0) is 31.2 Å². The maximum absolute atomic E-state index is 5.44. The topological polar surface area (TPSA) is 55.3 Å². The molecule has 6 heteroatoms. The number of hydrogen-bond donors (Lipinski definition) is 1. The molecular formula is C19H24N4O2. The fraction of sp³-hybridized carbons (Fsp3) is 0.421. The summed E-state index contributed by atoms with van der Waals surface area (Å²) in [5.74, 6) is 0.868. The SMILES string of the molecule is COc1ccc2[nH]c(-c3cncn3[C@H](C)CN3CCOCC3)cc2c1. The van der Waals surface area contributed by atoms with Gasteiger partial charge in [-0.25, -0.2) is 4.98 Å². The number of aromatic amines is 1. The molecule has 0 amide bonds. The number of nitrogens with zero attached hydrogens (tertiary/aromatic N) is 3. The third-order valence-electron chi connectivity index (χ3n) is 4.87. The van der Waals surface area contributed by atoms with Gasteiger partial charge in [0, 0.05) is 36.6 Å². The summed E-state index contributed by atoms with van der Waals surface area (Å²) >= 11 is 0. The van der Waals surface area contributed by atoms with Crippen molar-refractivity contribution in [1.29, 1.82) is 0 Å². The molecule has 132 valence electrons. The highest BCUT2D eigenvalue weighted by Crippen LogP contribution is 2.28. The number of hydrogen-bond acceptors (Lipinski definition) is 4. The molecule has 25 heavy (non-hydrogen) atoms. The number of ether oxygens (including phenoxy) is 2. The molecular weight excluding hydrogens is 316 g/mol. The fourth-order valence-electron chi connectivity index (χ4n) is 3.49. The first kappa shape index (κ1) is 16.2. The molecule has 4 rings (SSSR count). The molecule has 3 heterocycles. The summed E-state index contributed by atoms with van der Waals surface area (Å²) in [6.45, 7) is 6.90. The number of fused-ring (bicyclic) bond motifs is 1. The molecule has 1 saturated heterocycles. The number of imidazole rings is 1. The fourth-order valence-corrected chi connectivity index (χ4v) is 3.49. The Bertz CT molecular complexity index is 848. The molecule has 0 aliphatic carbocycles. The van der Waals surface area contributed by atoms with Crippen LogP contribution in [-0.2, 0) is 4.74 Å². The van der Waals surface area contributed by atoms with E-state index in [4.69, 9.17) is 9.47 Å². The van der Waals surface area contributed by atoms with Gasteiger partial charge in [0.2, 0.25) is 0 Å². The second-order valence-corrected chi connectivity index (χ2v) is 6.58. The number of methoxy groups -OCH3 is 1. The van der Waals surface area contributed by atoms with E-state index in [1.165, 1.54) is 0 Å². The minimum Gasteiger partial charge on any atom is -0.497 e. The van der Waals surface area contributed by atoms with Crippen molar-refractivity contribution < 1.29 is 9.47 Å². The molecule has 1 atom stereocenters. The summed E-state index contributed by atoms with van der Waals surface area (Å²) in [5.41, 5.74) is 3.29. The van der Waals surface area contributed by atoms with Crippen LogP contribution in [0, 0.1) is 0 Å². The van der Waals surface area contributed by atoms with E-state index < -0.39 is 0 Å². The van der Waals surface area contributed by atoms with Crippen molar-refractivity contribution in [1.82, 2.24) is 19.4 Å². The lowest BCUT2D eigenvalue weighted by atomic mass is 10.2. The van der Waals surface area contributed by atoms with Crippen molar-refractivity contribution in [3.8, 4) is 17.1 Å². The quantitative estimate of drug-likeness (QED) is 0.776. The second kappa shape index (κ2) is 6.90. The van der Waals surface area contributed by atoms with Gasteiger partial charge in [0.15, 0.2) is 0 Å². The standard InChI is InChI=1S/C19H24N4O2/c1-14(12-22-5-7-25-8-6-22)23-13-20-11-19(23)18-10-15-9-16(24-2)3-4-17(15)21-18/h3-4,9-11,13-14,21H,5-8,12H2,1-2H3/t14-/m1/s1. The van der Waals surface area contributed by atoms with E-state index in [0.29, 0.717) is 6.04 Å². The summed E-state index contributed by atoms with van der Waals surface area (Å²) in [4.78, 5) is 10.3. The Morgan fingerprint density at radius 2 is 2.12 bits per heavy atom. The second-order valence-electron chi connectivity index (χ2n) is 6.58. The zero-order valence-corrected chi connectivity index (χ0v) is 14.7. The molecule has 1 aliphatic rings. The van der Waals surface area contributed by atoms with Crippen LogP contribution in [0.2, 0.25) is 0 Å². The minimum atomic E-state index is 0.344. The normalized spacial score (nSPS) is 17.0. The molecule has 0 bridgehead atoms. The average molecular weight is 340 g/mol. The first-order valence-electron chi connectivity index (χ1n) is 8.73. The van der Waals surface area contributed by atoms with Crippen LogP contribution >= 0.6 is 0 Å². The summed E-state index contributed by atoms with van der Waals surface area (Å²) in [7, 11) is 1.69. The summed E-state index contributed by atoms with van der Waals surface area (Å²) in [6.07, 6.45) is 3.85. The molecule has 1 aliphatic heterocycles. The molecule has 1 fully saturated rings. The predicted molar refractivity (Wildman–Crippen MR) is 98.0 cm³/mol. The van der Waals surface area contributed by atoms with E-state index in [1.54, 1.807) is 7.11 Å². The molecule has 2 aromatic heterocycles. The molecule has 1 aromatic carbocycles. The van der Waals surface area contributed by atoms with Gasteiger partial charge in [-0.3, -0.25) is 4.90 Å². The van der Waals surface area contributed by atoms with Crippen molar-refractivity contribution in [3.63, 3.8) is 0 Å². The molecule has 0 radical (unpaired) electrons. The van der Waals surface area contributed by atoms with Gasteiger partial charge in [-0.15, -0.1) is 0 Å². The third-order valence-corrected chi connectivity index (χ3v) is 4.87. The van der Waals surface area contributed by atoms with Crippen molar-refractivity contribution in [2.75, 3.05) is 40.0 Å². The first-order valence-corrected chi connectivity index (χ1v) is 8.73. The molecule has 0 spiro atoms. The van der Waals surface area contributed by atoms with Crippen LogP contribution < -0.4 is 4.74 Å². The lowest BCUT2D eigenvalue weighted by molar-refractivity contribution is 0.0326. The highest BCUT2D eigenvalue weighted by molar-refractivity contribution is 5.86. The van der Waals surface area contributed by atoms with Crippen molar-refractivity contribution in [2.45, 2.75) is 13.0 Å². The van der Waals surface area contributed by atoms with E-state index >= 15 is 0 Å². The van der Waals surface area contributed by atoms with Gasteiger partial charge in [0.25, 0.3) is 0 Å². The number of rotatable bonds is 5. The van der Waals surface area contributed by atoms with Gasteiger partial charge < -0.3 is 19.0 Å². The summed E-state index contributed by atoms with van der Waals surface area (Å²) < 4.78 is 13.0. The van der Waals surface area contributed by atoms with Crippen LogP contribution in [0.25, 0.3) is 22.3 Å². The van der Waals surface area contributed by atoms with E-state index in [9.17, 15) is 0 Å². The predicted octanol–water partition coefficient (Wildman–Crippen LogP) is 2.93. The van der Waals surface area contributed by atoms with Gasteiger partial charge in [0.1, 0.15) is 5.75 Å². The smallest absolute Gasteiger partial charge is 0.119 e. The third kappa shape index (κ3) is 3.27. The number of H-pyrrole nitrogens is 1. The number of nitrogens with one attached hydrogen (secondary N) is 1. The molecule has 6 nitrogen and oxygen atoms in total. The minimum absolute atomic E-state index is 0.344. The van der Waals surface area contributed by atoms with Crippen LogP contribution in [0.3, 0.4) is 0 Å². The molecule has 3 aromatic rings. The zero-order valence-electron chi connectivity index (χ0n) is 14.7. The Morgan fingerprint density at radius 1 is 1.28 bits per heavy atom. The molecule has 0 saturated carbocycles. The van der Waals surface area contributed by atoms with Gasteiger partial charge in [-0.2, -0.15) is 0 Å². The molecule has 1 N–H and O–H groups in total. The van der Waals surface area contributed by atoms with E-state index in [1.807, 2.05) is 24.7 Å². The maximum Gasteiger partial charge on any atom is 0.119 e. The van der Waals surface area contributed by atoms with E-state index in [2.05, 4.69) is 38.5 Å². The Balaban J connectivity index is 1.60. The Hall–Kier alpha value is -2.31. The van der Waals surface area contributed by atoms with Gasteiger partial charge >= 0.3 is 0 Å². The highest BCUT2D eigenvalue weighted by Gasteiger charge is 2.18. The molecule has 0 unspecified atom stereocenters. The Labute approximate surface area is 147 Å². The zero-order chi connectivity index (χ0) is 17.2. The number of morpholine rings is 1. The van der Waals surface area contributed by atoms with E-state index in [-0.39, 0.29) is 0 Å². The van der Waals surface area contributed by atoms with Crippen LogP contribution in [0.15, 0.2) is 36.8 Å². The monoisotopic (exact) mass is 340 g/mol. The number of benzene rings is 1. The summed E-state index contributed by atoms with van der Waals surface area (Å²) in [6, 6.07) is 8.58. The lowest BCUT2D eigenvalue weighted by Crippen LogP contribution is -2.39. The van der Waals surface area contributed by atoms with Crippen LogP contribution in [0.1, 0.15) is 13.0 Å². The maximum atomic E-state index is 5.44. The summed E-state index contributed by atoms with van der Waals surface area (Å²) in [5, 5.41) is 1.14. The van der Waals surface area contributed by atoms with Gasteiger partial charge in [0.05, 0.1) is 44.2 Å². The Kier molecular flexibility index (Phi) is 4.46. The van der Waals surface area contributed by atoms with Crippen molar-refractivity contribution in [2.24, 2.45) is 0 Å². The van der Waals surface area contributed by atoms with Crippen molar-refractivity contribution in [3.05, 3.63) is 36.8 Å². The van der Waals surface area contributed by atoms with E-state index in [0.717, 1.165) is 60.9 Å². The number of aromatic nitrogens is 3. The largest absolute Gasteiger partial charge is 0.497 e. The van der Waals surface area contributed by atoms with Crippen molar-refractivity contribution >= 4 is 10.9 Å². The Morgan fingerprint density at radius 3 is 2.92 bits per heavy atom. The van der Waals surface area contributed by atoms with Crippen LogP contribution in [-0.4, -0.2) is 59.4 Å². The lowest BCUT2D eigenvalue weighted by Gasteiger charge is -2.30. The highest BCUT2D eigenvalue weighted by atomic mass is 16.5.